The molecule has 0 bridgehead atoms. The molecule has 7 heteroatoms. The van der Waals surface area contributed by atoms with E-state index in [1.807, 2.05) is 7.11 Å². The molecular formula is C16H32N6O. The SMILES string of the molecule is COC1CCC(C2CC(C3CCCNC3)NC3NNNN32)CC1. The Morgan fingerprint density at radius 2 is 1.91 bits per heavy atom. The number of piperidine rings is 1. The number of rotatable bonds is 3. The Morgan fingerprint density at radius 3 is 2.65 bits per heavy atom. The van der Waals surface area contributed by atoms with E-state index in [0.29, 0.717) is 18.2 Å². The number of nitrogens with one attached hydrogen (secondary N) is 5. The Morgan fingerprint density at radius 1 is 1.04 bits per heavy atom. The highest BCUT2D eigenvalue weighted by Crippen LogP contribution is 2.35. The fraction of sp³-hybridized carbons (Fsp3) is 1.00. The van der Waals surface area contributed by atoms with Crippen molar-refractivity contribution in [1.29, 1.82) is 0 Å². The van der Waals surface area contributed by atoms with Crippen LogP contribution >= 0.6 is 0 Å². The summed E-state index contributed by atoms with van der Waals surface area (Å²) in [4.78, 5) is 0. The second kappa shape index (κ2) is 7.31. The lowest BCUT2D eigenvalue weighted by Crippen LogP contribution is -2.66. The topological polar surface area (TPSA) is 72.6 Å². The van der Waals surface area contributed by atoms with E-state index in [4.69, 9.17) is 4.74 Å². The quantitative estimate of drug-likeness (QED) is 0.502. The van der Waals surface area contributed by atoms with Gasteiger partial charge in [0.1, 0.15) is 6.29 Å². The molecule has 5 N–H and O–H groups in total. The molecule has 0 aromatic rings. The molecule has 3 aliphatic heterocycles. The van der Waals surface area contributed by atoms with E-state index < -0.39 is 0 Å². The molecule has 0 spiro atoms. The van der Waals surface area contributed by atoms with Crippen LogP contribution in [0.4, 0.5) is 0 Å². The molecule has 132 valence electrons. The van der Waals surface area contributed by atoms with Crippen molar-refractivity contribution in [1.82, 2.24) is 32.1 Å². The fourth-order valence-electron chi connectivity index (χ4n) is 5.02. The van der Waals surface area contributed by atoms with Crippen LogP contribution < -0.4 is 27.1 Å². The molecule has 4 atom stereocenters. The van der Waals surface area contributed by atoms with Crippen molar-refractivity contribution in [2.45, 2.75) is 69.4 Å². The van der Waals surface area contributed by atoms with E-state index in [-0.39, 0.29) is 6.29 Å². The summed E-state index contributed by atoms with van der Waals surface area (Å²) in [5.41, 5.74) is 9.74. The summed E-state index contributed by atoms with van der Waals surface area (Å²) in [5.74, 6) is 1.52. The van der Waals surface area contributed by atoms with Gasteiger partial charge < -0.3 is 10.1 Å². The summed E-state index contributed by atoms with van der Waals surface area (Å²) in [7, 11) is 1.85. The minimum atomic E-state index is 0.195. The minimum Gasteiger partial charge on any atom is -0.381 e. The van der Waals surface area contributed by atoms with Gasteiger partial charge >= 0.3 is 0 Å². The zero-order chi connectivity index (χ0) is 15.6. The molecule has 23 heavy (non-hydrogen) atoms. The second-order valence-electron chi connectivity index (χ2n) is 7.65. The Bertz CT molecular complexity index is 383. The molecule has 4 fully saturated rings. The van der Waals surface area contributed by atoms with Crippen molar-refractivity contribution >= 4 is 0 Å². The van der Waals surface area contributed by atoms with E-state index in [2.05, 4.69) is 32.1 Å². The molecule has 0 radical (unpaired) electrons. The van der Waals surface area contributed by atoms with Crippen LogP contribution in [0, 0.1) is 11.8 Å². The number of methoxy groups -OCH3 is 1. The van der Waals surface area contributed by atoms with Gasteiger partial charge in [-0.2, -0.15) is 16.1 Å². The van der Waals surface area contributed by atoms with E-state index in [9.17, 15) is 0 Å². The molecule has 4 unspecified atom stereocenters. The van der Waals surface area contributed by atoms with Crippen molar-refractivity contribution < 1.29 is 4.74 Å². The number of hydrogen-bond donors (Lipinski definition) is 5. The standard InChI is InChI=1S/C16H32N6O/c1-23-13-6-4-11(5-7-13)15-9-14(12-3-2-8-17-10-12)18-16-19-20-21-22(15)16/h11-21H,2-10H2,1H3. The average molecular weight is 324 g/mol. The fourth-order valence-corrected chi connectivity index (χ4v) is 5.02. The summed E-state index contributed by atoms with van der Waals surface area (Å²) in [6.07, 6.45) is 9.55. The lowest BCUT2D eigenvalue weighted by Gasteiger charge is -2.48. The van der Waals surface area contributed by atoms with Crippen LogP contribution in [-0.2, 0) is 4.74 Å². The van der Waals surface area contributed by atoms with Crippen LogP contribution in [0.5, 0.6) is 0 Å². The maximum atomic E-state index is 5.56. The molecule has 1 aliphatic carbocycles. The van der Waals surface area contributed by atoms with Crippen molar-refractivity contribution in [3.05, 3.63) is 0 Å². The summed E-state index contributed by atoms with van der Waals surface area (Å²) in [6.45, 7) is 2.35. The zero-order valence-corrected chi connectivity index (χ0v) is 14.2. The molecular weight excluding hydrogens is 292 g/mol. The van der Waals surface area contributed by atoms with Crippen LogP contribution in [0.15, 0.2) is 0 Å². The maximum absolute atomic E-state index is 5.56. The summed E-state index contributed by atoms with van der Waals surface area (Å²) >= 11 is 0. The molecule has 0 aromatic heterocycles. The van der Waals surface area contributed by atoms with Crippen molar-refractivity contribution in [3.8, 4) is 0 Å². The molecule has 0 aromatic carbocycles. The molecule has 1 saturated carbocycles. The van der Waals surface area contributed by atoms with Gasteiger partial charge in [0, 0.05) is 19.2 Å². The first-order valence-electron chi connectivity index (χ1n) is 9.39. The van der Waals surface area contributed by atoms with Gasteiger partial charge in [-0.05, 0) is 69.9 Å². The lowest BCUT2D eigenvalue weighted by atomic mass is 9.77. The van der Waals surface area contributed by atoms with E-state index in [1.54, 1.807) is 0 Å². The third kappa shape index (κ3) is 3.42. The first-order valence-corrected chi connectivity index (χ1v) is 9.39. The molecule has 3 heterocycles. The van der Waals surface area contributed by atoms with Crippen LogP contribution in [0.3, 0.4) is 0 Å². The van der Waals surface area contributed by atoms with Crippen LogP contribution in [0.25, 0.3) is 0 Å². The normalized spacial score (nSPS) is 45.8. The van der Waals surface area contributed by atoms with Gasteiger partial charge in [0.05, 0.1) is 6.10 Å². The Hall–Kier alpha value is -0.280. The van der Waals surface area contributed by atoms with Gasteiger partial charge in [-0.3, -0.25) is 5.32 Å². The number of fused-ring (bicyclic) bond motifs is 1. The van der Waals surface area contributed by atoms with Gasteiger partial charge in [-0.25, -0.2) is 5.43 Å². The molecule has 3 saturated heterocycles. The molecule has 4 rings (SSSR count). The van der Waals surface area contributed by atoms with Crippen molar-refractivity contribution in [2.24, 2.45) is 11.8 Å². The first-order chi connectivity index (χ1) is 11.3. The third-order valence-corrected chi connectivity index (χ3v) is 6.40. The second-order valence-corrected chi connectivity index (χ2v) is 7.65. The van der Waals surface area contributed by atoms with Gasteiger partial charge in [-0.15, -0.1) is 0 Å². The van der Waals surface area contributed by atoms with E-state index >= 15 is 0 Å². The molecule has 7 nitrogen and oxygen atoms in total. The maximum Gasteiger partial charge on any atom is 0.142 e. The predicted molar refractivity (Wildman–Crippen MR) is 88.7 cm³/mol. The molecule has 4 aliphatic rings. The Balaban J connectivity index is 1.43. The van der Waals surface area contributed by atoms with Gasteiger partial charge in [0.2, 0.25) is 0 Å². The highest BCUT2D eigenvalue weighted by Gasteiger charge is 2.44. The monoisotopic (exact) mass is 324 g/mol. The smallest absolute Gasteiger partial charge is 0.142 e. The first kappa shape index (κ1) is 16.2. The average Bonchev–Trinajstić information content (AvgIpc) is 3.10. The third-order valence-electron chi connectivity index (χ3n) is 6.40. The van der Waals surface area contributed by atoms with Gasteiger partial charge in [-0.1, -0.05) is 0 Å². The zero-order valence-electron chi connectivity index (χ0n) is 14.2. The van der Waals surface area contributed by atoms with E-state index in [0.717, 1.165) is 18.4 Å². The summed E-state index contributed by atoms with van der Waals surface area (Å²) in [5, 5.41) is 9.74. The van der Waals surface area contributed by atoms with Crippen molar-refractivity contribution in [2.75, 3.05) is 20.2 Å². The summed E-state index contributed by atoms with van der Waals surface area (Å²) in [6, 6.07) is 1.19. The number of nitrogens with zero attached hydrogens (tertiary/aromatic N) is 1. The van der Waals surface area contributed by atoms with Crippen LogP contribution in [0.1, 0.15) is 44.9 Å². The highest BCUT2D eigenvalue weighted by molar-refractivity contribution is 4.96. The largest absolute Gasteiger partial charge is 0.381 e. The van der Waals surface area contributed by atoms with Crippen LogP contribution in [0.2, 0.25) is 0 Å². The highest BCUT2D eigenvalue weighted by atomic mass is 16.5. The van der Waals surface area contributed by atoms with Crippen molar-refractivity contribution in [3.63, 3.8) is 0 Å². The molecule has 0 amide bonds. The Kier molecular flexibility index (Phi) is 5.15. The minimum absolute atomic E-state index is 0.195. The number of hydrazine groups is 3. The van der Waals surface area contributed by atoms with Crippen LogP contribution in [-0.4, -0.2) is 49.7 Å². The predicted octanol–water partition coefficient (Wildman–Crippen LogP) is 0.0347. The Labute approximate surface area is 139 Å². The number of ether oxygens (including phenoxy) is 1. The van der Waals surface area contributed by atoms with E-state index in [1.165, 1.54) is 51.5 Å². The van der Waals surface area contributed by atoms with Gasteiger partial charge in [0.15, 0.2) is 0 Å². The summed E-state index contributed by atoms with van der Waals surface area (Å²) < 4.78 is 5.56. The lowest BCUT2D eigenvalue weighted by molar-refractivity contribution is -0.0335. The number of hydrogen-bond acceptors (Lipinski definition) is 7. The van der Waals surface area contributed by atoms with Gasteiger partial charge in [0.25, 0.3) is 0 Å².